The van der Waals surface area contributed by atoms with E-state index in [1.807, 2.05) is 0 Å². The van der Waals surface area contributed by atoms with Crippen molar-refractivity contribution in [3.05, 3.63) is 29.4 Å². The van der Waals surface area contributed by atoms with Crippen LogP contribution in [0.3, 0.4) is 0 Å². The average molecular weight is 196 g/mol. The third-order valence-corrected chi connectivity index (χ3v) is 2.01. The topological polar surface area (TPSA) is 53.4 Å². The summed E-state index contributed by atoms with van der Waals surface area (Å²) in [5.74, 6) is 0.0709. The molecule has 0 atom stereocenters. The number of benzene rings is 1. The molecule has 66 valence electrons. The van der Waals surface area contributed by atoms with E-state index in [9.17, 15) is 5.11 Å². The van der Waals surface area contributed by atoms with Crippen LogP contribution in [0.15, 0.2) is 24.3 Å². The van der Waals surface area contributed by atoms with Crippen molar-refractivity contribution >= 4 is 22.5 Å². The van der Waals surface area contributed by atoms with Gasteiger partial charge in [-0.2, -0.15) is 0 Å². The lowest BCUT2D eigenvalue weighted by Crippen LogP contribution is -1.80. The first-order valence-corrected chi connectivity index (χ1v) is 4.03. The van der Waals surface area contributed by atoms with Gasteiger partial charge in [0.2, 0.25) is 0 Å². The third-order valence-electron chi connectivity index (χ3n) is 1.74. The highest BCUT2D eigenvalue weighted by molar-refractivity contribution is 6.31. The molecule has 2 rings (SSSR count). The minimum Gasteiger partial charge on any atom is -0.508 e. The van der Waals surface area contributed by atoms with Gasteiger partial charge < -0.3 is 10.2 Å². The summed E-state index contributed by atoms with van der Waals surface area (Å²) >= 11 is 5.60. The molecule has 0 unspecified atom stereocenters. The van der Waals surface area contributed by atoms with Gasteiger partial charge >= 0.3 is 0 Å². The smallest absolute Gasteiger partial charge is 0.171 e. The lowest BCUT2D eigenvalue weighted by molar-refractivity contribution is 0.472. The first kappa shape index (κ1) is 8.13. The van der Waals surface area contributed by atoms with Crippen LogP contribution in [0.4, 0.5) is 0 Å². The number of rotatable bonds is 0. The van der Waals surface area contributed by atoms with Crippen molar-refractivity contribution in [3.8, 4) is 11.5 Å². The van der Waals surface area contributed by atoms with Crippen LogP contribution in [0.2, 0.25) is 5.15 Å². The van der Waals surface area contributed by atoms with Crippen LogP contribution in [0.5, 0.6) is 11.5 Å². The summed E-state index contributed by atoms with van der Waals surface area (Å²) in [6.07, 6.45) is 0. The molecule has 2 aromatic rings. The molecule has 0 fully saturated rings. The van der Waals surface area contributed by atoms with Crippen molar-refractivity contribution in [1.82, 2.24) is 4.98 Å². The van der Waals surface area contributed by atoms with E-state index >= 15 is 0 Å². The molecule has 13 heavy (non-hydrogen) atoms. The van der Waals surface area contributed by atoms with Crippen LogP contribution in [0.25, 0.3) is 10.9 Å². The predicted molar refractivity (Wildman–Crippen MR) is 50.1 cm³/mol. The highest BCUT2D eigenvalue weighted by Gasteiger charge is 2.03. The average Bonchev–Trinajstić information content (AvgIpc) is 2.08. The van der Waals surface area contributed by atoms with Crippen molar-refractivity contribution in [2.75, 3.05) is 0 Å². The van der Waals surface area contributed by atoms with Gasteiger partial charge in [-0.15, -0.1) is 0 Å². The van der Waals surface area contributed by atoms with Crippen molar-refractivity contribution in [2.24, 2.45) is 0 Å². The van der Waals surface area contributed by atoms with Crippen LogP contribution in [0, 0.1) is 0 Å². The Morgan fingerprint density at radius 1 is 1.15 bits per heavy atom. The number of hydrogen-bond acceptors (Lipinski definition) is 3. The zero-order valence-electron chi connectivity index (χ0n) is 6.53. The standard InChI is InChI=1S/C9H6ClNO2/c10-9-8(13)3-5-1-2-6(12)4-7(5)11-9/h1-4,12-13H. The summed E-state index contributed by atoms with van der Waals surface area (Å²) in [6, 6.07) is 6.18. The number of hydrogen-bond donors (Lipinski definition) is 2. The maximum Gasteiger partial charge on any atom is 0.171 e. The van der Waals surface area contributed by atoms with Gasteiger partial charge in [-0.05, 0) is 18.2 Å². The van der Waals surface area contributed by atoms with Crippen molar-refractivity contribution in [3.63, 3.8) is 0 Å². The Bertz CT molecular complexity index is 470. The number of fused-ring (bicyclic) bond motifs is 1. The van der Waals surface area contributed by atoms with E-state index in [-0.39, 0.29) is 16.7 Å². The van der Waals surface area contributed by atoms with E-state index in [1.165, 1.54) is 18.2 Å². The Balaban J connectivity index is 2.81. The summed E-state index contributed by atoms with van der Waals surface area (Å²) in [5, 5.41) is 19.2. The van der Waals surface area contributed by atoms with Gasteiger partial charge in [0.1, 0.15) is 5.75 Å². The van der Waals surface area contributed by atoms with Gasteiger partial charge in [0, 0.05) is 11.5 Å². The van der Waals surface area contributed by atoms with E-state index in [4.69, 9.17) is 16.7 Å². The van der Waals surface area contributed by atoms with Crippen LogP contribution in [-0.4, -0.2) is 15.2 Å². The first-order valence-electron chi connectivity index (χ1n) is 3.65. The van der Waals surface area contributed by atoms with E-state index in [2.05, 4.69) is 4.98 Å². The molecular formula is C9H6ClNO2. The van der Waals surface area contributed by atoms with E-state index in [1.54, 1.807) is 6.07 Å². The van der Waals surface area contributed by atoms with Crippen LogP contribution < -0.4 is 0 Å². The van der Waals surface area contributed by atoms with E-state index < -0.39 is 0 Å². The second-order valence-corrected chi connectivity index (χ2v) is 3.03. The summed E-state index contributed by atoms with van der Waals surface area (Å²) < 4.78 is 0. The Kier molecular flexibility index (Phi) is 1.74. The highest BCUT2D eigenvalue weighted by atomic mass is 35.5. The zero-order chi connectivity index (χ0) is 9.42. The van der Waals surface area contributed by atoms with Crippen molar-refractivity contribution in [1.29, 1.82) is 0 Å². The number of aromatic nitrogens is 1. The lowest BCUT2D eigenvalue weighted by atomic mass is 10.2. The molecule has 0 bridgehead atoms. The number of phenols is 1. The second-order valence-electron chi connectivity index (χ2n) is 2.68. The SMILES string of the molecule is Oc1ccc2cc(O)c(Cl)nc2c1. The number of aromatic hydroxyl groups is 2. The summed E-state index contributed by atoms with van der Waals surface area (Å²) in [6.45, 7) is 0. The normalized spacial score (nSPS) is 10.5. The van der Waals surface area contributed by atoms with Gasteiger partial charge in [0.25, 0.3) is 0 Å². The molecule has 3 nitrogen and oxygen atoms in total. The molecule has 1 aromatic heterocycles. The van der Waals surface area contributed by atoms with Gasteiger partial charge in [-0.25, -0.2) is 4.98 Å². The first-order chi connectivity index (χ1) is 6.16. The van der Waals surface area contributed by atoms with Crippen LogP contribution >= 0.6 is 11.6 Å². The molecule has 0 radical (unpaired) electrons. The molecule has 0 spiro atoms. The molecular weight excluding hydrogens is 190 g/mol. The van der Waals surface area contributed by atoms with Gasteiger partial charge in [0.05, 0.1) is 5.52 Å². The minimum atomic E-state index is -0.0557. The molecule has 2 N–H and O–H groups in total. The molecule has 0 aliphatic heterocycles. The molecule has 0 aliphatic rings. The zero-order valence-corrected chi connectivity index (χ0v) is 7.28. The Morgan fingerprint density at radius 3 is 2.69 bits per heavy atom. The largest absolute Gasteiger partial charge is 0.508 e. The summed E-state index contributed by atoms with van der Waals surface area (Å²) in [4.78, 5) is 3.89. The molecule has 1 heterocycles. The Hall–Kier alpha value is -1.48. The lowest BCUT2D eigenvalue weighted by Gasteiger charge is -2.00. The fourth-order valence-corrected chi connectivity index (χ4v) is 1.27. The van der Waals surface area contributed by atoms with Gasteiger partial charge in [0.15, 0.2) is 10.9 Å². The number of pyridine rings is 1. The van der Waals surface area contributed by atoms with Crippen LogP contribution in [0.1, 0.15) is 0 Å². The number of nitrogens with zero attached hydrogens (tertiary/aromatic N) is 1. The third kappa shape index (κ3) is 1.38. The number of phenolic OH excluding ortho intramolecular Hbond substituents is 1. The Morgan fingerprint density at radius 2 is 1.92 bits per heavy atom. The molecule has 0 saturated carbocycles. The predicted octanol–water partition coefficient (Wildman–Crippen LogP) is 2.30. The molecule has 1 aromatic carbocycles. The monoisotopic (exact) mass is 195 g/mol. The van der Waals surface area contributed by atoms with E-state index in [0.29, 0.717) is 5.52 Å². The highest BCUT2D eigenvalue weighted by Crippen LogP contribution is 2.27. The Labute approximate surface area is 79.2 Å². The molecule has 0 saturated heterocycles. The van der Waals surface area contributed by atoms with Crippen LogP contribution in [-0.2, 0) is 0 Å². The molecule has 0 aliphatic carbocycles. The summed E-state index contributed by atoms with van der Waals surface area (Å²) in [5.41, 5.74) is 0.558. The van der Waals surface area contributed by atoms with Crippen molar-refractivity contribution in [2.45, 2.75) is 0 Å². The van der Waals surface area contributed by atoms with Crippen molar-refractivity contribution < 1.29 is 10.2 Å². The summed E-state index contributed by atoms with van der Waals surface area (Å²) in [7, 11) is 0. The minimum absolute atomic E-state index is 0.0399. The van der Waals surface area contributed by atoms with E-state index in [0.717, 1.165) is 5.39 Å². The number of halogens is 1. The second kappa shape index (κ2) is 2.78. The fraction of sp³-hybridized carbons (Fsp3) is 0. The fourth-order valence-electron chi connectivity index (χ4n) is 1.12. The molecule has 4 heteroatoms. The quantitative estimate of drug-likeness (QED) is 0.635. The maximum absolute atomic E-state index is 9.23. The van der Waals surface area contributed by atoms with Gasteiger partial charge in [-0.3, -0.25) is 0 Å². The van der Waals surface area contributed by atoms with Gasteiger partial charge in [-0.1, -0.05) is 11.6 Å². The maximum atomic E-state index is 9.23. The molecule has 0 amide bonds.